The number of hydrogen-bond acceptors (Lipinski definition) is 6. The summed E-state index contributed by atoms with van der Waals surface area (Å²) in [7, 11) is 0. The van der Waals surface area contributed by atoms with Crippen LogP contribution >= 0.6 is 0 Å². The van der Waals surface area contributed by atoms with Gasteiger partial charge < -0.3 is 14.2 Å². The van der Waals surface area contributed by atoms with Crippen LogP contribution in [0.15, 0.2) is 78.9 Å². The summed E-state index contributed by atoms with van der Waals surface area (Å²) >= 11 is 0. The molecule has 0 aromatic heterocycles. The Morgan fingerprint density at radius 3 is 1.95 bits per heavy atom. The van der Waals surface area contributed by atoms with Gasteiger partial charge in [0.25, 0.3) is 0 Å². The highest BCUT2D eigenvalue weighted by atomic mass is 16.5. The smallest absolute Gasteiger partial charge is 0.309 e. The van der Waals surface area contributed by atoms with E-state index in [0.717, 1.165) is 27.8 Å². The number of benzene rings is 3. The highest BCUT2D eigenvalue weighted by Gasteiger charge is 2.31. The molecule has 0 radical (unpaired) electrons. The van der Waals surface area contributed by atoms with Crippen molar-refractivity contribution in [3.8, 4) is 11.1 Å². The summed E-state index contributed by atoms with van der Waals surface area (Å²) < 4.78 is 16.3. The summed E-state index contributed by atoms with van der Waals surface area (Å²) in [5.74, 6) is -1.96. The molecule has 0 amide bonds. The lowest BCUT2D eigenvalue weighted by molar-refractivity contribution is -0.157. The van der Waals surface area contributed by atoms with Crippen LogP contribution < -0.4 is 0 Å². The molecule has 0 fully saturated rings. The van der Waals surface area contributed by atoms with Crippen molar-refractivity contribution in [3.63, 3.8) is 0 Å². The maximum Gasteiger partial charge on any atom is 0.309 e. The standard InChI is InChI=1S/C32H34O6.CH4/c1-22(2)28(32(35)36-18-10-17-30(33)37-20-23-11-4-3-5-12-23)19-31(34)38-21-29-26-15-8-6-13-24(26)25-14-7-9-16-27(25)29;/h3-9,11-16,22,28-29H,10,17-21H2,1-2H3;1H4/t28-;/m0./s1. The molecule has 39 heavy (non-hydrogen) atoms. The van der Waals surface area contributed by atoms with Gasteiger partial charge in [0.1, 0.15) is 13.2 Å². The van der Waals surface area contributed by atoms with Gasteiger partial charge in [-0.1, -0.05) is 100 Å². The highest BCUT2D eigenvalue weighted by Crippen LogP contribution is 2.44. The molecule has 3 aromatic rings. The molecule has 1 atom stereocenters. The van der Waals surface area contributed by atoms with E-state index in [1.54, 1.807) is 0 Å². The zero-order valence-corrected chi connectivity index (χ0v) is 21.9. The lowest BCUT2D eigenvalue weighted by Gasteiger charge is -2.20. The molecule has 0 saturated carbocycles. The van der Waals surface area contributed by atoms with Crippen LogP contribution in [-0.2, 0) is 35.2 Å². The fourth-order valence-corrected chi connectivity index (χ4v) is 4.75. The quantitative estimate of drug-likeness (QED) is 0.147. The summed E-state index contributed by atoms with van der Waals surface area (Å²) in [6.07, 6.45) is 0.458. The van der Waals surface area contributed by atoms with E-state index >= 15 is 0 Å². The summed E-state index contributed by atoms with van der Waals surface area (Å²) in [4.78, 5) is 37.4. The molecule has 3 aromatic carbocycles. The first kappa shape index (κ1) is 29.6. The van der Waals surface area contributed by atoms with Crippen molar-refractivity contribution in [2.75, 3.05) is 13.2 Å². The summed E-state index contributed by atoms with van der Waals surface area (Å²) in [5, 5.41) is 0. The lowest BCUT2D eigenvalue weighted by Crippen LogP contribution is -2.27. The molecule has 0 aliphatic heterocycles. The van der Waals surface area contributed by atoms with E-state index in [4.69, 9.17) is 14.2 Å². The molecule has 0 N–H and O–H groups in total. The Morgan fingerprint density at radius 2 is 1.33 bits per heavy atom. The Hall–Kier alpha value is -3.93. The summed E-state index contributed by atoms with van der Waals surface area (Å²) in [6, 6.07) is 25.8. The Kier molecular flexibility index (Phi) is 10.9. The largest absolute Gasteiger partial charge is 0.465 e. The van der Waals surface area contributed by atoms with Crippen LogP contribution in [0.2, 0.25) is 0 Å². The van der Waals surface area contributed by atoms with Gasteiger partial charge in [0.2, 0.25) is 0 Å². The van der Waals surface area contributed by atoms with Gasteiger partial charge in [0, 0.05) is 12.3 Å². The topological polar surface area (TPSA) is 78.9 Å². The predicted octanol–water partition coefficient (Wildman–Crippen LogP) is 6.71. The minimum absolute atomic E-state index is 0. The zero-order chi connectivity index (χ0) is 26.9. The van der Waals surface area contributed by atoms with Gasteiger partial charge in [-0.25, -0.2) is 0 Å². The van der Waals surface area contributed by atoms with Crippen molar-refractivity contribution in [2.24, 2.45) is 11.8 Å². The number of esters is 3. The third kappa shape index (κ3) is 7.79. The average molecular weight is 531 g/mol. The zero-order valence-electron chi connectivity index (χ0n) is 21.9. The second-order valence-corrected chi connectivity index (χ2v) is 9.88. The van der Waals surface area contributed by atoms with E-state index in [-0.39, 0.29) is 57.9 Å². The fourth-order valence-electron chi connectivity index (χ4n) is 4.75. The molecule has 1 aliphatic rings. The molecule has 0 saturated heterocycles. The molecule has 0 bridgehead atoms. The molecule has 1 aliphatic carbocycles. The van der Waals surface area contributed by atoms with Crippen molar-refractivity contribution >= 4 is 17.9 Å². The lowest BCUT2D eigenvalue weighted by atomic mass is 9.92. The molecule has 6 nitrogen and oxygen atoms in total. The maximum atomic E-state index is 12.8. The Bertz CT molecular complexity index is 1200. The number of carbonyl (C=O) groups excluding carboxylic acids is 3. The van der Waals surface area contributed by atoms with Crippen molar-refractivity contribution < 1.29 is 28.6 Å². The molecule has 0 heterocycles. The van der Waals surface area contributed by atoms with E-state index in [2.05, 4.69) is 24.3 Å². The second kappa shape index (κ2) is 14.3. The Balaban J connectivity index is 0.00000420. The molecule has 206 valence electrons. The SMILES string of the molecule is C.CC(C)[C@H](CC(=O)OCC1c2ccccc2-c2ccccc21)C(=O)OCCCC(=O)OCc1ccccc1. The molecular weight excluding hydrogens is 492 g/mol. The molecular formula is C33H38O6. The number of rotatable bonds is 12. The van der Waals surface area contributed by atoms with Gasteiger partial charge >= 0.3 is 17.9 Å². The minimum Gasteiger partial charge on any atom is -0.465 e. The molecule has 4 rings (SSSR count). The fraction of sp³-hybridized carbons (Fsp3) is 0.364. The van der Waals surface area contributed by atoms with E-state index in [9.17, 15) is 14.4 Å². The maximum absolute atomic E-state index is 12.8. The van der Waals surface area contributed by atoms with E-state index in [0.29, 0.717) is 6.42 Å². The Morgan fingerprint density at radius 1 is 0.744 bits per heavy atom. The van der Waals surface area contributed by atoms with Crippen LogP contribution in [0.1, 0.15) is 63.1 Å². The first-order chi connectivity index (χ1) is 18.4. The molecule has 0 unspecified atom stereocenters. The van der Waals surface area contributed by atoms with Crippen LogP contribution in [0.3, 0.4) is 0 Å². The van der Waals surface area contributed by atoms with Crippen LogP contribution in [0.25, 0.3) is 11.1 Å². The second-order valence-electron chi connectivity index (χ2n) is 9.88. The van der Waals surface area contributed by atoms with Crippen molar-refractivity contribution in [2.45, 2.75) is 53.1 Å². The van der Waals surface area contributed by atoms with Crippen molar-refractivity contribution in [1.82, 2.24) is 0 Å². The molecule has 0 spiro atoms. The van der Waals surface area contributed by atoms with Gasteiger partial charge in [-0.05, 0) is 40.2 Å². The van der Waals surface area contributed by atoms with E-state index in [1.165, 1.54) is 0 Å². The highest BCUT2D eigenvalue weighted by molar-refractivity contribution is 5.81. The first-order valence-corrected chi connectivity index (χ1v) is 13.1. The monoisotopic (exact) mass is 530 g/mol. The number of fused-ring (bicyclic) bond motifs is 3. The Labute approximate surface area is 231 Å². The number of carbonyl (C=O) groups is 3. The normalized spacial score (nSPS) is 12.6. The number of hydrogen-bond donors (Lipinski definition) is 0. The van der Waals surface area contributed by atoms with Gasteiger partial charge in [-0.2, -0.15) is 0 Å². The van der Waals surface area contributed by atoms with E-state index in [1.807, 2.05) is 68.4 Å². The van der Waals surface area contributed by atoms with Crippen molar-refractivity contribution in [1.29, 1.82) is 0 Å². The van der Waals surface area contributed by atoms with Crippen LogP contribution in [0.5, 0.6) is 0 Å². The van der Waals surface area contributed by atoms with Gasteiger partial charge in [-0.3, -0.25) is 14.4 Å². The number of ether oxygens (including phenoxy) is 3. The third-order valence-electron chi connectivity index (χ3n) is 6.88. The van der Waals surface area contributed by atoms with Crippen LogP contribution in [0.4, 0.5) is 0 Å². The average Bonchev–Trinajstić information content (AvgIpc) is 3.25. The third-order valence-corrected chi connectivity index (χ3v) is 6.88. The van der Waals surface area contributed by atoms with E-state index < -0.39 is 17.9 Å². The predicted molar refractivity (Wildman–Crippen MR) is 151 cm³/mol. The summed E-state index contributed by atoms with van der Waals surface area (Å²) in [5.41, 5.74) is 5.53. The van der Waals surface area contributed by atoms with Gasteiger partial charge in [0.05, 0.1) is 18.9 Å². The van der Waals surface area contributed by atoms with Crippen LogP contribution in [0, 0.1) is 11.8 Å². The summed E-state index contributed by atoms with van der Waals surface area (Å²) in [6.45, 7) is 4.28. The van der Waals surface area contributed by atoms with Gasteiger partial charge in [0.15, 0.2) is 0 Å². The van der Waals surface area contributed by atoms with Crippen LogP contribution in [-0.4, -0.2) is 31.1 Å². The van der Waals surface area contributed by atoms with Gasteiger partial charge in [-0.15, -0.1) is 0 Å². The minimum atomic E-state index is -0.615. The molecule has 6 heteroatoms. The first-order valence-electron chi connectivity index (χ1n) is 13.1. The van der Waals surface area contributed by atoms with Crippen molar-refractivity contribution in [3.05, 3.63) is 95.6 Å².